The van der Waals surface area contributed by atoms with Crippen molar-refractivity contribution in [1.29, 1.82) is 0 Å². The van der Waals surface area contributed by atoms with Gasteiger partial charge >= 0.3 is 0 Å². The van der Waals surface area contributed by atoms with Crippen LogP contribution >= 0.6 is 11.6 Å². The van der Waals surface area contributed by atoms with E-state index in [1.807, 2.05) is 0 Å². The van der Waals surface area contributed by atoms with Crippen molar-refractivity contribution < 1.29 is 15.1 Å². The number of hydrogen-bond acceptors (Lipinski definition) is 4. The second kappa shape index (κ2) is 6.00. The molecule has 0 bridgehead atoms. The smallest absolute Gasteiger partial charge is 0.257 e. The standard InChI is InChI=1S/C13H16ClN3O3/c14-8-1-4-11(18)10(7-8)13(19)17(9-2-3-9)6-5-12(15)16-20/h1,4,7,9,18,20H,2-3,5-6H2,(H2,15,16). The van der Waals surface area contributed by atoms with Crippen LogP contribution in [-0.2, 0) is 0 Å². The topological polar surface area (TPSA) is 99.2 Å². The van der Waals surface area contributed by atoms with Crippen LogP contribution in [0, 0.1) is 0 Å². The van der Waals surface area contributed by atoms with Crippen molar-refractivity contribution in [2.24, 2.45) is 10.9 Å². The number of carbonyl (C=O) groups excluding carboxylic acids is 1. The van der Waals surface area contributed by atoms with Crippen molar-refractivity contribution in [2.75, 3.05) is 6.54 Å². The molecule has 0 aliphatic heterocycles. The van der Waals surface area contributed by atoms with E-state index in [0.717, 1.165) is 12.8 Å². The van der Waals surface area contributed by atoms with Gasteiger partial charge in [-0.15, -0.1) is 0 Å². The summed E-state index contributed by atoms with van der Waals surface area (Å²) in [6, 6.07) is 4.50. The van der Waals surface area contributed by atoms with Crippen molar-refractivity contribution in [2.45, 2.75) is 25.3 Å². The summed E-state index contributed by atoms with van der Waals surface area (Å²) < 4.78 is 0. The van der Waals surface area contributed by atoms with Gasteiger partial charge in [0.1, 0.15) is 11.6 Å². The average molecular weight is 298 g/mol. The van der Waals surface area contributed by atoms with E-state index in [-0.39, 0.29) is 35.5 Å². The minimum atomic E-state index is -0.293. The molecule has 20 heavy (non-hydrogen) atoms. The first-order valence-electron chi connectivity index (χ1n) is 6.29. The molecule has 0 saturated heterocycles. The van der Waals surface area contributed by atoms with Crippen molar-refractivity contribution in [3.05, 3.63) is 28.8 Å². The molecule has 7 heteroatoms. The van der Waals surface area contributed by atoms with Crippen molar-refractivity contribution in [3.8, 4) is 5.75 Å². The molecule has 0 unspecified atom stereocenters. The number of nitrogens with two attached hydrogens (primary N) is 1. The molecule has 1 fully saturated rings. The molecule has 1 aliphatic carbocycles. The summed E-state index contributed by atoms with van der Waals surface area (Å²) in [4.78, 5) is 14.1. The van der Waals surface area contributed by atoms with Gasteiger partial charge in [0.15, 0.2) is 0 Å². The lowest BCUT2D eigenvalue weighted by atomic mass is 10.1. The number of aromatic hydroxyl groups is 1. The van der Waals surface area contributed by atoms with Crippen LogP contribution in [-0.4, -0.2) is 39.5 Å². The normalized spacial score (nSPS) is 15.2. The Bertz CT molecular complexity index is 544. The molecule has 6 nitrogen and oxygen atoms in total. The lowest BCUT2D eigenvalue weighted by Gasteiger charge is -2.22. The number of halogens is 1. The Hall–Kier alpha value is -1.95. The molecule has 0 atom stereocenters. The summed E-state index contributed by atoms with van der Waals surface area (Å²) in [7, 11) is 0. The Morgan fingerprint density at radius 3 is 2.80 bits per heavy atom. The summed E-state index contributed by atoms with van der Waals surface area (Å²) in [5.41, 5.74) is 5.60. The summed E-state index contributed by atoms with van der Waals surface area (Å²) in [5, 5.41) is 21.6. The Labute approximate surface area is 121 Å². The molecule has 108 valence electrons. The van der Waals surface area contributed by atoms with Crippen LogP contribution in [0.5, 0.6) is 5.75 Å². The second-order valence-electron chi connectivity index (χ2n) is 4.73. The number of amides is 1. The number of phenolic OH excluding ortho intramolecular Hbond substituents is 1. The molecule has 1 aromatic rings. The maximum Gasteiger partial charge on any atom is 0.257 e. The maximum absolute atomic E-state index is 12.5. The molecule has 0 aromatic heterocycles. The van der Waals surface area contributed by atoms with Crippen molar-refractivity contribution >= 4 is 23.3 Å². The van der Waals surface area contributed by atoms with E-state index in [9.17, 15) is 9.90 Å². The Morgan fingerprint density at radius 2 is 2.20 bits per heavy atom. The lowest BCUT2D eigenvalue weighted by molar-refractivity contribution is 0.0744. The summed E-state index contributed by atoms with van der Waals surface area (Å²) >= 11 is 5.86. The molecule has 1 saturated carbocycles. The zero-order valence-electron chi connectivity index (χ0n) is 10.8. The summed E-state index contributed by atoms with van der Waals surface area (Å²) in [5.74, 6) is -0.328. The van der Waals surface area contributed by atoms with Crippen LogP contribution in [0.2, 0.25) is 5.02 Å². The highest BCUT2D eigenvalue weighted by molar-refractivity contribution is 6.31. The molecule has 2 rings (SSSR count). The van der Waals surface area contributed by atoms with Crippen LogP contribution in [0.1, 0.15) is 29.6 Å². The minimum absolute atomic E-state index is 0.0683. The van der Waals surface area contributed by atoms with E-state index in [1.54, 1.807) is 4.90 Å². The third-order valence-electron chi connectivity index (χ3n) is 3.17. The zero-order valence-corrected chi connectivity index (χ0v) is 11.5. The predicted octanol–water partition coefficient (Wildman–Crippen LogP) is 1.79. The van der Waals surface area contributed by atoms with Crippen LogP contribution in [0.3, 0.4) is 0 Å². The summed E-state index contributed by atoms with van der Waals surface area (Å²) in [6.07, 6.45) is 2.12. The average Bonchev–Trinajstić information content (AvgIpc) is 3.25. The van der Waals surface area contributed by atoms with Gasteiger partial charge in [0.2, 0.25) is 0 Å². The van der Waals surface area contributed by atoms with Gasteiger partial charge in [-0.3, -0.25) is 4.79 Å². The highest BCUT2D eigenvalue weighted by Crippen LogP contribution is 2.31. The van der Waals surface area contributed by atoms with Crippen LogP contribution in [0.15, 0.2) is 23.4 Å². The van der Waals surface area contributed by atoms with Gasteiger partial charge < -0.3 is 20.9 Å². The first-order chi connectivity index (χ1) is 9.52. The van der Waals surface area contributed by atoms with E-state index in [4.69, 9.17) is 22.5 Å². The fourth-order valence-electron chi connectivity index (χ4n) is 1.96. The molecular formula is C13H16ClN3O3. The van der Waals surface area contributed by atoms with Gasteiger partial charge in [0.05, 0.1) is 5.56 Å². The number of rotatable bonds is 5. The number of hydrogen-bond donors (Lipinski definition) is 3. The largest absolute Gasteiger partial charge is 0.507 e. The third kappa shape index (κ3) is 3.33. The zero-order chi connectivity index (χ0) is 14.7. The first kappa shape index (κ1) is 14.5. The molecule has 4 N–H and O–H groups in total. The number of benzene rings is 1. The van der Waals surface area contributed by atoms with E-state index in [0.29, 0.717) is 11.6 Å². The fraction of sp³-hybridized carbons (Fsp3) is 0.385. The number of phenols is 1. The highest BCUT2D eigenvalue weighted by atomic mass is 35.5. The molecule has 0 spiro atoms. The Morgan fingerprint density at radius 1 is 1.50 bits per heavy atom. The van der Waals surface area contributed by atoms with Gasteiger partial charge in [-0.1, -0.05) is 16.8 Å². The van der Waals surface area contributed by atoms with Gasteiger partial charge in [-0.05, 0) is 31.0 Å². The number of carbonyl (C=O) groups is 1. The van der Waals surface area contributed by atoms with Gasteiger partial charge in [0, 0.05) is 24.0 Å². The molecular weight excluding hydrogens is 282 g/mol. The first-order valence-corrected chi connectivity index (χ1v) is 6.66. The van der Waals surface area contributed by atoms with Crippen molar-refractivity contribution in [3.63, 3.8) is 0 Å². The molecule has 1 amide bonds. The third-order valence-corrected chi connectivity index (χ3v) is 3.41. The van der Waals surface area contributed by atoms with E-state index >= 15 is 0 Å². The van der Waals surface area contributed by atoms with E-state index < -0.39 is 0 Å². The maximum atomic E-state index is 12.5. The van der Waals surface area contributed by atoms with Gasteiger partial charge in [-0.2, -0.15) is 0 Å². The Balaban J connectivity index is 2.16. The second-order valence-corrected chi connectivity index (χ2v) is 5.17. The predicted molar refractivity (Wildman–Crippen MR) is 75.2 cm³/mol. The van der Waals surface area contributed by atoms with Crippen LogP contribution in [0.25, 0.3) is 0 Å². The fourth-order valence-corrected chi connectivity index (χ4v) is 2.13. The number of nitrogens with zero attached hydrogens (tertiary/aromatic N) is 2. The number of amidine groups is 1. The quantitative estimate of drug-likeness (QED) is 0.334. The molecule has 1 aromatic carbocycles. The molecule has 1 aliphatic rings. The minimum Gasteiger partial charge on any atom is -0.507 e. The lowest BCUT2D eigenvalue weighted by Crippen LogP contribution is -2.36. The molecule has 0 heterocycles. The number of oxime groups is 1. The SMILES string of the molecule is NC(CCN(C(=O)c1cc(Cl)ccc1O)C1CC1)=NO. The molecule has 0 radical (unpaired) electrons. The van der Waals surface area contributed by atoms with E-state index in [1.165, 1.54) is 18.2 Å². The summed E-state index contributed by atoms with van der Waals surface area (Å²) in [6.45, 7) is 0.339. The van der Waals surface area contributed by atoms with Gasteiger partial charge in [0.25, 0.3) is 5.91 Å². The monoisotopic (exact) mass is 297 g/mol. The Kier molecular flexibility index (Phi) is 4.34. The van der Waals surface area contributed by atoms with Crippen LogP contribution in [0.4, 0.5) is 0 Å². The van der Waals surface area contributed by atoms with Gasteiger partial charge in [-0.25, -0.2) is 0 Å². The van der Waals surface area contributed by atoms with Crippen LogP contribution < -0.4 is 5.73 Å². The highest BCUT2D eigenvalue weighted by Gasteiger charge is 2.33. The van der Waals surface area contributed by atoms with E-state index in [2.05, 4.69) is 5.16 Å². The van der Waals surface area contributed by atoms with Crippen molar-refractivity contribution in [1.82, 2.24) is 4.90 Å².